The van der Waals surface area contributed by atoms with E-state index in [1.54, 1.807) is 4.90 Å². The van der Waals surface area contributed by atoms with Gasteiger partial charge in [-0.25, -0.2) is 4.79 Å². The summed E-state index contributed by atoms with van der Waals surface area (Å²) in [5.74, 6) is -0.145. The summed E-state index contributed by atoms with van der Waals surface area (Å²) in [4.78, 5) is 26.7. The molecule has 0 fully saturated rings. The molecule has 2 rings (SSSR count). The number of nitrogens with zero attached hydrogens (tertiary/aromatic N) is 1. The fraction of sp³-hybridized carbons (Fsp3) is 0.300. The zero-order valence-corrected chi connectivity index (χ0v) is 14.6. The van der Waals surface area contributed by atoms with E-state index < -0.39 is 12.1 Å². The number of hydrogen-bond acceptors (Lipinski definition) is 3. The number of nitrogens with one attached hydrogen (secondary N) is 1. The minimum absolute atomic E-state index is 0.145. The smallest absolute Gasteiger partial charge is 0.408 e. The quantitative estimate of drug-likeness (QED) is 0.839. The van der Waals surface area contributed by atoms with Crippen LogP contribution in [0.25, 0.3) is 0 Å². The van der Waals surface area contributed by atoms with Crippen LogP contribution < -0.4 is 5.32 Å². The first-order valence-corrected chi connectivity index (χ1v) is 8.46. The predicted octanol–water partition coefficient (Wildman–Crippen LogP) is 3.52. The highest BCUT2D eigenvalue weighted by Crippen LogP contribution is 2.16. The van der Waals surface area contributed by atoms with Crippen molar-refractivity contribution in [2.75, 3.05) is 13.1 Å². The van der Waals surface area contributed by atoms with Crippen molar-refractivity contribution in [3.8, 4) is 0 Å². The van der Waals surface area contributed by atoms with Gasteiger partial charge in [-0.05, 0) is 25.0 Å². The van der Waals surface area contributed by atoms with Gasteiger partial charge in [-0.1, -0.05) is 60.7 Å². The van der Waals surface area contributed by atoms with E-state index in [0.29, 0.717) is 13.1 Å². The topological polar surface area (TPSA) is 58.6 Å². The Morgan fingerprint density at radius 1 is 0.960 bits per heavy atom. The molecule has 0 heterocycles. The molecule has 0 radical (unpaired) electrons. The molecule has 2 aromatic carbocycles. The summed E-state index contributed by atoms with van der Waals surface area (Å²) >= 11 is 0. The first-order chi connectivity index (χ1) is 12.2. The van der Waals surface area contributed by atoms with E-state index >= 15 is 0 Å². The molecule has 0 aromatic heterocycles. The summed E-state index contributed by atoms with van der Waals surface area (Å²) in [6.07, 6.45) is -0.613. The van der Waals surface area contributed by atoms with Crippen LogP contribution in [0.3, 0.4) is 0 Å². The minimum atomic E-state index is -0.760. The minimum Gasteiger partial charge on any atom is -0.445 e. The summed E-state index contributed by atoms with van der Waals surface area (Å²) in [6.45, 7) is 5.15. The van der Waals surface area contributed by atoms with E-state index in [1.165, 1.54) is 0 Å². The number of benzene rings is 2. The van der Waals surface area contributed by atoms with E-state index in [0.717, 1.165) is 11.1 Å². The molecule has 5 nitrogen and oxygen atoms in total. The van der Waals surface area contributed by atoms with Crippen LogP contribution >= 0.6 is 0 Å². The van der Waals surface area contributed by atoms with E-state index in [-0.39, 0.29) is 12.5 Å². The fourth-order valence-electron chi connectivity index (χ4n) is 2.53. The van der Waals surface area contributed by atoms with Gasteiger partial charge in [0.1, 0.15) is 12.6 Å². The molecule has 0 unspecified atom stereocenters. The van der Waals surface area contributed by atoms with Crippen LogP contribution in [0.15, 0.2) is 60.7 Å². The third-order valence-electron chi connectivity index (χ3n) is 3.93. The highest BCUT2D eigenvalue weighted by atomic mass is 16.5. The largest absolute Gasteiger partial charge is 0.445 e. The molecule has 0 aliphatic heterocycles. The maximum absolute atomic E-state index is 12.8. The van der Waals surface area contributed by atoms with E-state index in [9.17, 15) is 9.59 Å². The van der Waals surface area contributed by atoms with Crippen molar-refractivity contribution in [2.24, 2.45) is 0 Å². The summed E-state index contributed by atoms with van der Waals surface area (Å²) in [6, 6.07) is 17.9. The van der Waals surface area contributed by atoms with Crippen molar-refractivity contribution < 1.29 is 14.3 Å². The lowest BCUT2D eigenvalue weighted by molar-refractivity contribution is -0.133. The molecule has 0 aliphatic rings. The van der Waals surface area contributed by atoms with Crippen LogP contribution in [-0.2, 0) is 16.1 Å². The second kappa shape index (κ2) is 9.47. The van der Waals surface area contributed by atoms with Gasteiger partial charge in [0.2, 0.25) is 5.91 Å². The number of amides is 2. The van der Waals surface area contributed by atoms with Crippen molar-refractivity contribution >= 4 is 12.0 Å². The Labute approximate surface area is 148 Å². The van der Waals surface area contributed by atoms with Gasteiger partial charge in [0, 0.05) is 13.1 Å². The molecule has 0 saturated carbocycles. The molecule has 0 saturated heterocycles. The Bertz CT molecular complexity index is 670. The number of alkyl carbamates (subject to hydrolysis) is 1. The van der Waals surface area contributed by atoms with Gasteiger partial charge in [0.15, 0.2) is 0 Å². The highest BCUT2D eigenvalue weighted by molar-refractivity contribution is 5.86. The average molecular weight is 340 g/mol. The number of rotatable bonds is 7. The van der Waals surface area contributed by atoms with Gasteiger partial charge in [0.05, 0.1) is 0 Å². The summed E-state index contributed by atoms with van der Waals surface area (Å²) in [5.41, 5.74) is 1.63. The Kier molecular flexibility index (Phi) is 7.01. The molecule has 0 aliphatic carbocycles. The average Bonchev–Trinajstić information content (AvgIpc) is 2.67. The summed E-state index contributed by atoms with van der Waals surface area (Å²) < 4.78 is 5.26. The van der Waals surface area contributed by atoms with E-state index in [2.05, 4.69) is 5.32 Å². The van der Waals surface area contributed by atoms with E-state index in [1.807, 2.05) is 74.5 Å². The van der Waals surface area contributed by atoms with Crippen LogP contribution in [0.1, 0.15) is 31.0 Å². The van der Waals surface area contributed by atoms with Gasteiger partial charge < -0.3 is 15.0 Å². The summed E-state index contributed by atoms with van der Waals surface area (Å²) in [7, 11) is 0. The molecular weight excluding hydrogens is 316 g/mol. The highest BCUT2D eigenvalue weighted by Gasteiger charge is 2.26. The number of likely N-dealkylation sites (N-methyl/N-ethyl adjacent to an activating group) is 1. The third kappa shape index (κ3) is 5.35. The lowest BCUT2D eigenvalue weighted by atomic mass is 10.1. The van der Waals surface area contributed by atoms with Gasteiger partial charge in [-0.2, -0.15) is 0 Å². The third-order valence-corrected chi connectivity index (χ3v) is 3.93. The normalized spacial score (nSPS) is 11.4. The second-order valence-electron chi connectivity index (χ2n) is 5.56. The van der Waals surface area contributed by atoms with Crippen molar-refractivity contribution in [2.45, 2.75) is 26.5 Å². The van der Waals surface area contributed by atoms with Crippen molar-refractivity contribution in [3.63, 3.8) is 0 Å². The maximum Gasteiger partial charge on any atom is 0.408 e. The predicted molar refractivity (Wildman–Crippen MR) is 96.9 cm³/mol. The molecule has 0 bridgehead atoms. The molecular formula is C20H24N2O3. The van der Waals surface area contributed by atoms with Gasteiger partial charge in [-0.15, -0.1) is 0 Å². The lowest BCUT2D eigenvalue weighted by Gasteiger charge is -2.26. The SMILES string of the molecule is CCN(CC)C(=O)[C@@H](NC(=O)OCc1ccccc1)c1ccccc1. The molecule has 1 atom stereocenters. The monoisotopic (exact) mass is 340 g/mol. The number of carbonyl (C=O) groups excluding carboxylic acids is 2. The molecule has 2 amide bonds. The Morgan fingerprint density at radius 3 is 2.08 bits per heavy atom. The maximum atomic E-state index is 12.8. The van der Waals surface area contributed by atoms with Gasteiger partial charge in [0.25, 0.3) is 0 Å². The Hall–Kier alpha value is -2.82. The van der Waals surface area contributed by atoms with Crippen molar-refractivity contribution in [3.05, 3.63) is 71.8 Å². The van der Waals surface area contributed by atoms with Crippen molar-refractivity contribution in [1.82, 2.24) is 10.2 Å². The zero-order chi connectivity index (χ0) is 18.1. The molecule has 5 heteroatoms. The number of ether oxygens (including phenoxy) is 1. The van der Waals surface area contributed by atoms with Crippen LogP contribution in [0.5, 0.6) is 0 Å². The molecule has 25 heavy (non-hydrogen) atoms. The fourth-order valence-corrected chi connectivity index (χ4v) is 2.53. The first kappa shape index (κ1) is 18.5. The number of carbonyl (C=O) groups is 2. The number of hydrogen-bond donors (Lipinski definition) is 1. The molecule has 1 N–H and O–H groups in total. The lowest BCUT2D eigenvalue weighted by Crippen LogP contribution is -2.43. The van der Waals surface area contributed by atoms with Crippen LogP contribution in [0.2, 0.25) is 0 Å². The first-order valence-electron chi connectivity index (χ1n) is 8.46. The van der Waals surface area contributed by atoms with Gasteiger partial charge in [-0.3, -0.25) is 4.79 Å². The standard InChI is InChI=1S/C20H24N2O3/c1-3-22(4-2)19(23)18(17-13-9-6-10-14-17)21-20(24)25-15-16-11-7-5-8-12-16/h5-14,18H,3-4,15H2,1-2H3,(H,21,24)/t18-/m0/s1. The molecule has 2 aromatic rings. The summed E-state index contributed by atoms with van der Waals surface area (Å²) in [5, 5.41) is 2.70. The molecule has 0 spiro atoms. The Morgan fingerprint density at radius 2 is 1.52 bits per heavy atom. The van der Waals surface area contributed by atoms with E-state index in [4.69, 9.17) is 4.74 Å². The zero-order valence-electron chi connectivity index (χ0n) is 14.6. The van der Waals surface area contributed by atoms with Crippen LogP contribution in [-0.4, -0.2) is 30.0 Å². The molecule has 132 valence electrons. The van der Waals surface area contributed by atoms with Crippen molar-refractivity contribution in [1.29, 1.82) is 0 Å². The van der Waals surface area contributed by atoms with Crippen LogP contribution in [0, 0.1) is 0 Å². The van der Waals surface area contributed by atoms with Crippen LogP contribution in [0.4, 0.5) is 4.79 Å². The Balaban J connectivity index is 2.07. The second-order valence-corrected chi connectivity index (χ2v) is 5.56. The van der Waals surface area contributed by atoms with Gasteiger partial charge >= 0.3 is 6.09 Å².